The van der Waals surface area contributed by atoms with E-state index < -0.39 is 10.8 Å². The molecular weight excluding hydrogens is 244 g/mol. The topological polar surface area (TPSA) is 41.8 Å². The van der Waals surface area contributed by atoms with E-state index in [0.717, 1.165) is 5.69 Å². The molecule has 0 aliphatic heterocycles. The van der Waals surface area contributed by atoms with E-state index in [1.54, 1.807) is 12.3 Å². The zero-order valence-corrected chi connectivity index (χ0v) is 11.1. The Balaban J connectivity index is 2.29. The third-order valence-electron chi connectivity index (χ3n) is 2.48. The van der Waals surface area contributed by atoms with Gasteiger partial charge in [0.15, 0.2) is 0 Å². The average Bonchev–Trinajstić information content (AvgIpc) is 2.38. The number of nitrogens with zero attached hydrogens (tertiary/aromatic N) is 2. The molecule has 0 aromatic heterocycles. The standard InChI is InChI=1S/C14H14N2OS/c1-11-7-9-12(10-8-11)15-16-13-5-3-4-6-14(13)18(2)17/h3-10H,1-2H3. The second kappa shape index (κ2) is 5.69. The molecule has 1 atom stereocenters. The van der Waals surface area contributed by atoms with Crippen molar-refractivity contribution in [1.29, 1.82) is 0 Å². The van der Waals surface area contributed by atoms with Gasteiger partial charge in [0.05, 0.1) is 21.4 Å². The summed E-state index contributed by atoms with van der Waals surface area (Å²) in [6.07, 6.45) is 1.64. The van der Waals surface area contributed by atoms with Gasteiger partial charge in [-0.25, -0.2) is 0 Å². The molecule has 0 amide bonds. The molecule has 0 spiro atoms. The van der Waals surface area contributed by atoms with Crippen LogP contribution in [0.15, 0.2) is 63.7 Å². The highest BCUT2D eigenvalue weighted by atomic mass is 32.2. The summed E-state index contributed by atoms with van der Waals surface area (Å²) in [5.41, 5.74) is 2.63. The highest BCUT2D eigenvalue weighted by molar-refractivity contribution is 7.84. The molecule has 0 heterocycles. The third-order valence-corrected chi connectivity index (χ3v) is 3.45. The summed E-state index contributed by atoms with van der Waals surface area (Å²) in [6, 6.07) is 15.1. The first-order valence-electron chi connectivity index (χ1n) is 5.57. The maximum atomic E-state index is 11.5. The number of azo groups is 1. The fraction of sp³-hybridized carbons (Fsp3) is 0.143. The maximum absolute atomic E-state index is 11.5. The molecular formula is C14H14N2OS. The molecule has 0 N–H and O–H groups in total. The SMILES string of the molecule is Cc1ccc(N=Nc2ccccc2S(C)=O)cc1. The first-order valence-corrected chi connectivity index (χ1v) is 7.13. The van der Waals surface area contributed by atoms with Crippen molar-refractivity contribution < 1.29 is 4.21 Å². The van der Waals surface area contributed by atoms with Crippen LogP contribution in [-0.2, 0) is 10.8 Å². The van der Waals surface area contributed by atoms with Crippen molar-refractivity contribution in [3.63, 3.8) is 0 Å². The smallest absolute Gasteiger partial charge is 0.102 e. The highest BCUT2D eigenvalue weighted by Crippen LogP contribution is 2.24. The molecule has 0 bridgehead atoms. The van der Waals surface area contributed by atoms with Gasteiger partial charge >= 0.3 is 0 Å². The number of aryl methyl sites for hydroxylation is 1. The van der Waals surface area contributed by atoms with Crippen molar-refractivity contribution in [2.24, 2.45) is 10.2 Å². The predicted molar refractivity (Wildman–Crippen MR) is 74.1 cm³/mol. The number of benzene rings is 2. The van der Waals surface area contributed by atoms with E-state index in [4.69, 9.17) is 0 Å². The Morgan fingerprint density at radius 3 is 2.28 bits per heavy atom. The summed E-state index contributed by atoms with van der Waals surface area (Å²) >= 11 is 0. The Bertz CT molecular complexity index is 591. The van der Waals surface area contributed by atoms with Crippen molar-refractivity contribution in [3.05, 3.63) is 54.1 Å². The monoisotopic (exact) mass is 258 g/mol. The summed E-state index contributed by atoms with van der Waals surface area (Å²) in [7, 11) is -1.06. The van der Waals surface area contributed by atoms with Gasteiger partial charge in [0.1, 0.15) is 5.69 Å². The molecule has 4 heteroatoms. The zero-order chi connectivity index (χ0) is 13.0. The van der Waals surface area contributed by atoms with E-state index in [0.29, 0.717) is 10.6 Å². The lowest BCUT2D eigenvalue weighted by Gasteiger charge is -2.00. The van der Waals surface area contributed by atoms with Crippen LogP contribution in [0.25, 0.3) is 0 Å². The Morgan fingerprint density at radius 1 is 0.944 bits per heavy atom. The summed E-state index contributed by atoms with van der Waals surface area (Å²) in [5, 5.41) is 8.31. The van der Waals surface area contributed by atoms with E-state index in [-0.39, 0.29) is 0 Å². The van der Waals surface area contributed by atoms with Crippen LogP contribution in [0.4, 0.5) is 11.4 Å². The van der Waals surface area contributed by atoms with Crippen LogP contribution in [0, 0.1) is 6.92 Å². The summed E-state index contributed by atoms with van der Waals surface area (Å²) in [4.78, 5) is 0.702. The molecule has 2 rings (SSSR count). The van der Waals surface area contributed by atoms with E-state index in [1.807, 2.05) is 49.4 Å². The van der Waals surface area contributed by atoms with Gasteiger partial charge in [-0.1, -0.05) is 29.8 Å². The number of hydrogen-bond acceptors (Lipinski definition) is 3. The Labute approximate surface area is 109 Å². The van der Waals surface area contributed by atoms with E-state index >= 15 is 0 Å². The molecule has 0 aliphatic carbocycles. The molecule has 3 nitrogen and oxygen atoms in total. The Kier molecular flexibility index (Phi) is 3.99. The van der Waals surface area contributed by atoms with Crippen molar-refractivity contribution in [1.82, 2.24) is 0 Å². The minimum absolute atomic E-state index is 0.652. The first-order chi connectivity index (χ1) is 8.66. The lowest BCUT2D eigenvalue weighted by Crippen LogP contribution is -1.86. The molecule has 2 aromatic carbocycles. The fourth-order valence-electron chi connectivity index (χ4n) is 1.51. The van der Waals surface area contributed by atoms with Crippen molar-refractivity contribution in [3.8, 4) is 0 Å². The molecule has 0 radical (unpaired) electrons. The lowest BCUT2D eigenvalue weighted by molar-refractivity contribution is 0.687. The van der Waals surface area contributed by atoms with Gasteiger partial charge in [-0.2, -0.15) is 5.11 Å². The second-order valence-electron chi connectivity index (χ2n) is 3.96. The van der Waals surface area contributed by atoms with Gasteiger partial charge in [0.25, 0.3) is 0 Å². The van der Waals surface area contributed by atoms with Crippen molar-refractivity contribution in [2.45, 2.75) is 11.8 Å². The first kappa shape index (κ1) is 12.6. The van der Waals surface area contributed by atoms with Gasteiger partial charge in [0.2, 0.25) is 0 Å². The molecule has 92 valence electrons. The highest BCUT2D eigenvalue weighted by Gasteiger charge is 2.03. The molecule has 0 aliphatic rings. The third kappa shape index (κ3) is 3.11. The summed E-state index contributed by atoms with van der Waals surface area (Å²) < 4.78 is 11.5. The van der Waals surface area contributed by atoms with Crippen LogP contribution in [0.3, 0.4) is 0 Å². The molecule has 0 fully saturated rings. The number of hydrogen-bond donors (Lipinski definition) is 0. The number of rotatable bonds is 3. The minimum Gasteiger partial charge on any atom is -0.255 e. The largest absolute Gasteiger partial charge is 0.255 e. The van der Waals surface area contributed by atoms with Gasteiger partial charge in [-0.15, -0.1) is 5.11 Å². The van der Waals surface area contributed by atoms with E-state index in [2.05, 4.69) is 10.2 Å². The van der Waals surface area contributed by atoms with Crippen molar-refractivity contribution in [2.75, 3.05) is 6.26 Å². The van der Waals surface area contributed by atoms with E-state index in [1.165, 1.54) is 5.56 Å². The molecule has 2 aromatic rings. The van der Waals surface area contributed by atoms with Crippen LogP contribution in [-0.4, -0.2) is 10.5 Å². The fourth-order valence-corrected chi connectivity index (χ4v) is 2.18. The van der Waals surface area contributed by atoms with Gasteiger partial charge < -0.3 is 0 Å². The van der Waals surface area contributed by atoms with Crippen LogP contribution < -0.4 is 0 Å². The summed E-state index contributed by atoms with van der Waals surface area (Å²) in [6.45, 7) is 2.02. The normalized spacial score (nSPS) is 12.8. The quantitative estimate of drug-likeness (QED) is 0.762. The van der Waals surface area contributed by atoms with Crippen LogP contribution in [0.5, 0.6) is 0 Å². The molecule has 0 saturated heterocycles. The van der Waals surface area contributed by atoms with Crippen LogP contribution >= 0.6 is 0 Å². The Hall–Kier alpha value is -1.81. The molecule has 18 heavy (non-hydrogen) atoms. The zero-order valence-electron chi connectivity index (χ0n) is 10.3. The van der Waals surface area contributed by atoms with Crippen LogP contribution in [0.1, 0.15) is 5.56 Å². The van der Waals surface area contributed by atoms with Crippen molar-refractivity contribution >= 4 is 22.2 Å². The second-order valence-corrected chi connectivity index (χ2v) is 5.31. The molecule has 0 saturated carbocycles. The van der Waals surface area contributed by atoms with Gasteiger partial charge in [-0.05, 0) is 31.2 Å². The maximum Gasteiger partial charge on any atom is 0.102 e. The van der Waals surface area contributed by atoms with Gasteiger partial charge in [0, 0.05) is 6.26 Å². The van der Waals surface area contributed by atoms with Crippen LogP contribution in [0.2, 0.25) is 0 Å². The Morgan fingerprint density at radius 2 is 1.61 bits per heavy atom. The lowest BCUT2D eigenvalue weighted by atomic mass is 10.2. The predicted octanol–water partition coefficient (Wildman–Crippen LogP) is 4.15. The average molecular weight is 258 g/mol. The van der Waals surface area contributed by atoms with E-state index in [9.17, 15) is 4.21 Å². The molecule has 1 unspecified atom stereocenters. The summed E-state index contributed by atoms with van der Waals surface area (Å²) in [5.74, 6) is 0. The van der Waals surface area contributed by atoms with Gasteiger partial charge in [-0.3, -0.25) is 4.21 Å². The minimum atomic E-state index is -1.06.